The Kier molecular flexibility index (Phi) is 6.56. The molecule has 1 heterocycles. The van der Waals surface area contributed by atoms with E-state index in [1.807, 2.05) is 23.8 Å². The first-order valence-electron chi connectivity index (χ1n) is 6.51. The smallest absolute Gasteiger partial charge is 0.253 e. The summed E-state index contributed by atoms with van der Waals surface area (Å²) >= 11 is 3.43. The van der Waals surface area contributed by atoms with Gasteiger partial charge in [-0.2, -0.15) is 0 Å². The Labute approximate surface area is 112 Å². The van der Waals surface area contributed by atoms with Crippen LogP contribution in [-0.4, -0.2) is 4.57 Å². The van der Waals surface area contributed by atoms with Crippen LogP contribution in [0.25, 0.3) is 0 Å². The zero-order valence-electron chi connectivity index (χ0n) is 10.8. The topological polar surface area (TPSA) is 22.0 Å². The highest BCUT2D eigenvalue weighted by Crippen LogP contribution is 2.10. The summed E-state index contributed by atoms with van der Waals surface area (Å²) in [5, 5.41) is 0. The molecule has 0 N–H and O–H groups in total. The molecular formula is C14H22BrNO. The molecule has 3 heteroatoms. The number of halogens is 1. The predicted octanol–water partition coefficient (Wildman–Crippen LogP) is 4.28. The van der Waals surface area contributed by atoms with Crippen LogP contribution in [0.2, 0.25) is 0 Å². The molecule has 1 aromatic heterocycles. The van der Waals surface area contributed by atoms with Crippen LogP contribution in [0.4, 0.5) is 0 Å². The van der Waals surface area contributed by atoms with Crippen molar-refractivity contribution in [3.63, 3.8) is 0 Å². The van der Waals surface area contributed by atoms with Crippen molar-refractivity contribution in [2.45, 2.75) is 58.9 Å². The summed E-state index contributed by atoms with van der Waals surface area (Å²) in [6.07, 6.45) is 9.43. The molecule has 96 valence electrons. The van der Waals surface area contributed by atoms with Gasteiger partial charge in [-0.1, -0.05) is 39.0 Å². The molecule has 1 aromatic rings. The number of hydrogen-bond donors (Lipinski definition) is 0. The average molecular weight is 300 g/mol. The minimum atomic E-state index is 0.141. The van der Waals surface area contributed by atoms with E-state index in [-0.39, 0.29) is 5.56 Å². The van der Waals surface area contributed by atoms with Crippen molar-refractivity contribution in [1.29, 1.82) is 0 Å². The maximum atomic E-state index is 11.8. The summed E-state index contributed by atoms with van der Waals surface area (Å²) in [6.45, 7) is 4.93. The minimum Gasteiger partial charge on any atom is -0.314 e. The number of rotatable bonds is 7. The van der Waals surface area contributed by atoms with Crippen molar-refractivity contribution in [1.82, 2.24) is 4.57 Å². The number of unbranched alkanes of at least 4 members (excludes halogenated alkanes) is 5. The highest BCUT2D eigenvalue weighted by molar-refractivity contribution is 9.10. The third-order valence-electron chi connectivity index (χ3n) is 2.98. The van der Waals surface area contributed by atoms with Crippen LogP contribution < -0.4 is 5.56 Å². The van der Waals surface area contributed by atoms with Gasteiger partial charge >= 0.3 is 0 Å². The second-order valence-corrected chi connectivity index (χ2v) is 5.52. The summed E-state index contributed by atoms with van der Waals surface area (Å²) in [7, 11) is 0. The fourth-order valence-corrected chi connectivity index (χ4v) is 2.56. The molecule has 1 rings (SSSR count). The third-order valence-corrected chi connectivity index (χ3v) is 3.42. The molecule has 0 atom stereocenters. The molecule has 0 aromatic carbocycles. The lowest BCUT2D eigenvalue weighted by molar-refractivity contribution is 0.548. The first-order valence-corrected chi connectivity index (χ1v) is 7.31. The van der Waals surface area contributed by atoms with Crippen LogP contribution in [0.5, 0.6) is 0 Å². The van der Waals surface area contributed by atoms with Gasteiger partial charge in [-0.05, 0) is 35.3 Å². The molecule has 0 amide bonds. The van der Waals surface area contributed by atoms with Gasteiger partial charge in [0.15, 0.2) is 0 Å². The van der Waals surface area contributed by atoms with Crippen molar-refractivity contribution < 1.29 is 0 Å². The van der Waals surface area contributed by atoms with E-state index in [1.165, 1.54) is 32.1 Å². The number of aromatic nitrogens is 1. The summed E-state index contributed by atoms with van der Waals surface area (Å²) in [6, 6.07) is 1.88. The third kappa shape index (κ3) is 5.07. The molecule has 0 saturated heterocycles. The standard InChI is InChI=1S/C14H22BrNO/c1-3-4-5-6-7-8-9-16-11-13(15)10-12(2)14(16)17/h10-11H,3-9H2,1-2H3. The molecule has 0 aliphatic carbocycles. The Morgan fingerprint density at radius 1 is 1.18 bits per heavy atom. The number of aryl methyl sites for hydroxylation is 2. The first-order chi connectivity index (χ1) is 8.15. The van der Waals surface area contributed by atoms with Crippen LogP contribution >= 0.6 is 15.9 Å². The number of hydrogen-bond acceptors (Lipinski definition) is 1. The van der Waals surface area contributed by atoms with Gasteiger partial charge in [0.25, 0.3) is 5.56 Å². The van der Waals surface area contributed by atoms with Crippen molar-refractivity contribution in [2.75, 3.05) is 0 Å². The molecule has 0 spiro atoms. The van der Waals surface area contributed by atoms with E-state index >= 15 is 0 Å². The van der Waals surface area contributed by atoms with E-state index in [0.717, 1.165) is 23.0 Å². The Bertz CT molecular complexity index is 398. The molecule has 0 aliphatic heterocycles. The molecule has 0 bridgehead atoms. The zero-order chi connectivity index (χ0) is 12.7. The lowest BCUT2D eigenvalue weighted by Gasteiger charge is -2.07. The minimum absolute atomic E-state index is 0.141. The highest BCUT2D eigenvalue weighted by atomic mass is 79.9. The second-order valence-electron chi connectivity index (χ2n) is 4.61. The summed E-state index contributed by atoms with van der Waals surface area (Å²) in [4.78, 5) is 11.8. The van der Waals surface area contributed by atoms with E-state index in [1.54, 1.807) is 0 Å². The van der Waals surface area contributed by atoms with E-state index in [9.17, 15) is 4.79 Å². The van der Waals surface area contributed by atoms with Crippen molar-refractivity contribution >= 4 is 15.9 Å². The van der Waals surface area contributed by atoms with Crippen LogP contribution in [0.1, 0.15) is 51.0 Å². The van der Waals surface area contributed by atoms with Crippen molar-refractivity contribution in [3.05, 3.63) is 32.7 Å². The molecule has 0 fully saturated rings. The second kappa shape index (κ2) is 7.70. The quantitative estimate of drug-likeness (QED) is 0.689. The number of nitrogens with zero attached hydrogens (tertiary/aromatic N) is 1. The van der Waals surface area contributed by atoms with Gasteiger partial charge in [0.2, 0.25) is 0 Å². The SMILES string of the molecule is CCCCCCCCn1cc(Br)cc(C)c1=O. The fourth-order valence-electron chi connectivity index (χ4n) is 1.97. The average Bonchev–Trinajstić information content (AvgIpc) is 2.29. The monoisotopic (exact) mass is 299 g/mol. The van der Waals surface area contributed by atoms with Crippen LogP contribution in [0, 0.1) is 6.92 Å². The van der Waals surface area contributed by atoms with E-state index < -0.39 is 0 Å². The maximum Gasteiger partial charge on any atom is 0.253 e. The van der Waals surface area contributed by atoms with Crippen LogP contribution in [0.3, 0.4) is 0 Å². The van der Waals surface area contributed by atoms with Gasteiger partial charge in [-0.25, -0.2) is 0 Å². The van der Waals surface area contributed by atoms with Crippen molar-refractivity contribution in [3.8, 4) is 0 Å². The van der Waals surface area contributed by atoms with Crippen LogP contribution in [-0.2, 0) is 6.54 Å². The Morgan fingerprint density at radius 3 is 2.53 bits per heavy atom. The summed E-state index contributed by atoms with van der Waals surface area (Å²) in [5.41, 5.74) is 0.951. The van der Waals surface area contributed by atoms with E-state index in [2.05, 4.69) is 22.9 Å². The van der Waals surface area contributed by atoms with Gasteiger partial charge < -0.3 is 4.57 Å². The van der Waals surface area contributed by atoms with E-state index in [4.69, 9.17) is 0 Å². The predicted molar refractivity (Wildman–Crippen MR) is 76.5 cm³/mol. The zero-order valence-corrected chi connectivity index (χ0v) is 12.4. The maximum absolute atomic E-state index is 11.8. The first kappa shape index (κ1) is 14.5. The van der Waals surface area contributed by atoms with Gasteiger partial charge in [0.05, 0.1) is 0 Å². The van der Waals surface area contributed by atoms with Gasteiger partial charge in [-0.3, -0.25) is 4.79 Å². The number of pyridine rings is 1. The van der Waals surface area contributed by atoms with E-state index in [0.29, 0.717) is 0 Å². The molecular weight excluding hydrogens is 278 g/mol. The lowest BCUT2D eigenvalue weighted by atomic mass is 10.1. The van der Waals surface area contributed by atoms with Gasteiger partial charge in [-0.15, -0.1) is 0 Å². The van der Waals surface area contributed by atoms with Gasteiger partial charge in [0, 0.05) is 22.8 Å². The molecule has 0 saturated carbocycles. The molecule has 0 radical (unpaired) electrons. The summed E-state index contributed by atoms with van der Waals surface area (Å²) in [5.74, 6) is 0. The molecule has 2 nitrogen and oxygen atoms in total. The largest absolute Gasteiger partial charge is 0.314 e. The molecule has 17 heavy (non-hydrogen) atoms. The lowest BCUT2D eigenvalue weighted by Crippen LogP contribution is -2.21. The highest BCUT2D eigenvalue weighted by Gasteiger charge is 2.01. The fraction of sp³-hybridized carbons (Fsp3) is 0.643. The van der Waals surface area contributed by atoms with Gasteiger partial charge in [0.1, 0.15) is 0 Å². The van der Waals surface area contributed by atoms with Crippen molar-refractivity contribution in [2.24, 2.45) is 0 Å². The Balaban J connectivity index is 2.39. The molecule has 0 unspecified atom stereocenters. The Morgan fingerprint density at radius 2 is 1.82 bits per heavy atom. The summed E-state index contributed by atoms with van der Waals surface area (Å²) < 4.78 is 2.81. The molecule has 0 aliphatic rings. The normalized spacial score (nSPS) is 10.8. The Hall–Kier alpha value is -0.570. The van der Waals surface area contributed by atoms with Crippen LogP contribution in [0.15, 0.2) is 21.5 Å².